The van der Waals surface area contributed by atoms with E-state index in [1.807, 2.05) is 0 Å². The van der Waals surface area contributed by atoms with Crippen LogP contribution in [-0.2, 0) is 19.1 Å². The smallest absolute Gasteiger partial charge is 0.162 e. The molecule has 0 saturated carbocycles. The van der Waals surface area contributed by atoms with Crippen molar-refractivity contribution in [1.29, 1.82) is 0 Å². The lowest BCUT2D eigenvalue weighted by atomic mass is 10.1. The summed E-state index contributed by atoms with van der Waals surface area (Å²) in [6.07, 6.45) is 9.44. The summed E-state index contributed by atoms with van der Waals surface area (Å²) in [6.45, 7) is 0. The summed E-state index contributed by atoms with van der Waals surface area (Å²) in [7, 11) is 0. The third-order valence-corrected chi connectivity index (χ3v) is 1.45. The average Bonchev–Trinajstić information content (AvgIpc) is 2.21. The molecule has 0 radical (unpaired) electrons. The molecule has 0 aromatic rings. The SMILES string of the molecule is C1=COC=CO1.O=C1C=CCC(=O)C1. The lowest BCUT2D eigenvalue weighted by Gasteiger charge is -1.97. The van der Waals surface area contributed by atoms with Crippen LogP contribution in [0.2, 0.25) is 0 Å². The number of Topliss-reactive ketones (excluding diaryl/α,β-unsaturated/α-hetero) is 1. The number of hydrogen-bond donors (Lipinski definition) is 0. The Labute approximate surface area is 81.5 Å². The van der Waals surface area contributed by atoms with Crippen LogP contribution in [0.3, 0.4) is 0 Å². The second-order valence-electron chi connectivity index (χ2n) is 2.60. The summed E-state index contributed by atoms with van der Waals surface area (Å²) < 4.78 is 9.17. The van der Waals surface area contributed by atoms with Gasteiger partial charge in [0.1, 0.15) is 30.8 Å². The molecule has 0 unspecified atom stereocenters. The minimum atomic E-state index is -0.0683. The molecule has 0 spiro atoms. The molecule has 0 atom stereocenters. The van der Waals surface area contributed by atoms with Crippen molar-refractivity contribution in [3.8, 4) is 0 Å². The summed E-state index contributed by atoms with van der Waals surface area (Å²) >= 11 is 0. The molecule has 2 aliphatic rings. The number of allylic oxidation sites excluding steroid dienone is 2. The van der Waals surface area contributed by atoms with Gasteiger partial charge < -0.3 is 9.47 Å². The van der Waals surface area contributed by atoms with Crippen LogP contribution < -0.4 is 0 Å². The van der Waals surface area contributed by atoms with Gasteiger partial charge in [-0.2, -0.15) is 0 Å². The number of ketones is 2. The minimum absolute atomic E-state index is 0.0255. The fraction of sp³-hybridized carbons (Fsp3) is 0.200. The Kier molecular flexibility index (Phi) is 4.20. The molecule has 0 saturated heterocycles. The normalized spacial score (nSPS) is 18.0. The van der Waals surface area contributed by atoms with Crippen LogP contribution >= 0.6 is 0 Å². The van der Waals surface area contributed by atoms with E-state index in [0.29, 0.717) is 6.42 Å². The van der Waals surface area contributed by atoms with E-state index in [2.05, 4.69) is 9.47 Å². The lowest BCUT2D eigenvalue weighted by Crippen LogP contribution is -2.08. The van der Waals surface area contributed by atoms with Gasteiger partial charge in [0.2, 0.25) is 0 Å². The maximum atomic E-state index is 10.4. The zero-order valence-electron chi connectivity index (χ0n) is 7.51. The zero-order chi connectivity index (χ0) is 10.2. The van der Waals surface area contributed by atoms with E-state index in [1.54, 1.807) is 6.08 Å². The highest BCUT2D eigenvalue weighted by Gasteiger charge is 2.08. The van der Waals surface area contributed by atoms with Crippen LogP contribution in [0, 0.1) is 0 Å². The largest absolute Gasteiger partial charge is 0.466 e. The van der Waals surface area contributed by atoms with Gasteiger partial charge >= 0.3 is 0 Å². The van der Waals surface area contributed by atoms with Gasteiger partial charge in [-0.25, -0.2) is 0 Å². The zero-order valence-corrected chi connectivity index (χ0v) is 7.51. The van der Waals surface area contributed by atoms with E-state index in [1.165, 1.54) is 31.1 Å². The first-order valence-corrected chi connectivity index (χ1v) is 4.11. The highest BCUT2D eigenvalue weighted by molar-refractivity contribution is 6.07. The topological polar surface area (TPSA) is 52.6 Å². The van der Waals surface area contributed by atoms with Crippen LogP contribution in [0.15, 0.2) is 37.2 Å². The molecule has 1 aliphatic heterocycles. The number of rotatable bonds is 0. The van der Waals surface area contributed by atoms with Gasteiger partial charge in [-0.3, -0.25) is 9.59 Å². The van der Waals surface area contributed by atoms with Crippen molar-refractivity contribution >= 4 is 11.6 Å². The van der Waals surface area contributed by atoms with Crippen molar-refractivity contribution in [2.75, 3.05) is 0 Å². The molecule has 14 heavy (non-hydrogen) atoms. The molecule has 0 amide bonds. The van der Waals surface area contributed by atoms with E-state index >= 15 is 0 Å². The van der Waals surface area contributed by atoms with Crippen LogP contribution in [0.1, 0.15) is 12.8 Å². The highest BCUT2D eigenvalue weighted by atomic mass is 16.5. The predicted molar refractivity (Wildman–Crippen MR) is 48.8 cm³/mol. The van der Waals surface area contributed by atoms with Crippen LogP contribution in [-0.4, -0.2) is 11.6 Å². The summed E-state index contributed by atoms with van der Waals surface area (Å²) in [5.41, 5.74) is 0. The average molecular weight is 194 g/mol. The summed E-state index contributed by atoms with van der Waals surface area (Å²) in [6, 6.07) is 0. The van der Waals surface area contributed by atoms with Gasteiger partial charge in [0.15, 0.2) is 5.78 Å². The molecule has 0 N–H and O–H groups in total. The van der Waals surface area contributed by atoms with Crippen molar-refractivity contribution in [3.63, 3.8) is 0 Å². The number of hydrogen-bond acceptors (Lipinski definition) is 4. The van der Waals surface area contributed by atoms with Gasteiger partial charge in [0, 0.05) is 6.42 Å². The van der Waals surface area contributed by atoms with Crippen molar-refractivity contribution in [2.24, 2.45) is 0 Å². The van der Waals surface area contributed by atoms with Crippen LogP contribution in [0.4, 0.5) is 0 Å². The number of ether oxygens (including phenoxy) is 2. The fourth-order valence-electron chi connectivity index (χ4n) is 0.866. The third-order valence-electron chi connectivity index (χ3n) is 1.45. The van der Waals surface area contributed by atoms with E-state index < -0.39 is 0 Å². The second-order valence-corrected chi connectivity index (χ2v) is 2.60. The molecular weight excluding hydrogens is 184 g/mol. The van der Waals surface area contributed by atoms with Crippen molar-refractivity contribution in [2.45, 2.75) is 12.8 Å². The molecule has 0 bridgehead atoms. The van der Waals surface area contributed by atoms with Crippen molar-refractivity contribution < 1.29 is 19.1 Å². The first-order valence-electron chi connectivity index (χ1n) is 4.11. The minimum Gasteiger partial charge on any atom is -0.466 e. The Hall–Kier alpha value is -1.84. The molecule has 74 valence electrons. The predicted octanol–water partition coefficient (Wildman–Crippen LogP) is 1.45. The van der Waals surface area contributed by atoms with Gasteiger partial charge in [-0.05, 0) is 6.08 Å². The molecule has 4 nitrogen and oxygen atoms in total. The standard InChI is InChI=1S/C6H6O2.C4H4O2/c7-5-2-1-3-6(8)4-5;1-2-6-4-3-5-1/h1-2H,3-4H2;1-4H. The van der Waals surface area contributed by atoms with E-state index in [4.69, 9.17) is 0 Å². The Bertz CT molecular complexity index is 279. The van der Waals surface area contributed by atoms with Gasteiger partial charge in [0.05, 0.1) is 6.42 Å². The number of carbonyl (C=O) groups is 2. The monoisotopic (exact) mass is 194 g/mol. The van der Waals surface area contributed by atoms with E-state index in [9.17, 15) is 9.59 Å². The Morgan fingerprint density at radius 1 is 1.00 bits per heavy atom. The van der Waals surface area contributed by atoms with Gasteiger partial charge in [-0.15, -0.1) is 0 Å². The summed E-state index contributed by atoms with van der Waals surface area (Å²) in [4.78, 5) is 20.8. The maximum Gasteiger partial charge on any atom is 0.162 e. The first-order chi connectivity index (χ1) is 6.79. The molecule has 1 heterocycles. The second kappa shape index (κ2) is 5.75. The van der Waals surface area contributed by atoms with E-state index in [-0.39, 0.29) is 18.0 Å². The Morgan fingerprint density at radius 2 is 1.57 bits per heavy atom. The molecule has 4 heteroatoms. The molecule has 0 fully saturated rings. The first kappa shape index (κ1) is 10.2. The molecule has 0 aromatic heterocycles. The third kappa shape index (κ3) is 4.25. The Balaban J connectivity index is 0.000000146. The van der Waals surface area contributed by atoms with Crippen molar-refractivity contribution in [1.82, 2.24) is 0 Å². The van der Waals surface area contributed by atoms with Crippen LogP contribution in [0.5, 0.6) is 0 Å². The molecular formula is C10H10O4. The number of carbonyl (C=O) groups excluding carboxylic acids is 2. The lowest BCUT2D eigenvalue weighted by molar-refractivity contribution is -0.124. The van der Waals surface area contributed by atoms with Gasteiger partial charge in [-0.1, -0.05) is 6.08 Å². The quantitative estimate of drug-likeness (QED) is 0.547. The fourth-order valence-corrected chi connectivity index (χ4v) is 0.866. The Morgan fingerprint density at radius 3 is 1.86 bits per heavy atom. The molecule has 0 aromatic carbocycles. The van der Waals surface area contributed by atoms with E-state index in [0.717, 1.165) is 0 Å². The molecule has 2 rings (SSSR count). The maximum absolute atomic E-state index is 10.4. The highest BCUT2D eigenvalue weighted by Crippen LogP contribution is 2.00. The summed E-state index contributed by atoms with van der Waals surface area (Å²) in [5, 5.41) is 0. The summed E-state index contributed by atoms with van der Waals surface area (Å²) in [5.74, 6) is -0.0428. The van der Waals surface area contributed by atoms with Gasteiger partial charge in [0.25, 0.3) is 0 Å². The molecule has 1 aliphatic carbocycles. The van der Waals surface area contributed by atoms with Crippen LogP contribution in [0.25, 0.3) is 0 Å². The van der Waals surface area contributed by atoms with Crippen molar-refractivity contribution in [3.05, 3.63) is 37.2 Å².